The maximum absolute atomic E-state index is 10.3. The van der Waals surface area contributed by atoms with Gasteiger partial charge in [-0.1, -0.05) is 0 Å². The van der Waals surface area contributed by atoms with Crippen molar-refractivity contribution >= 4 is 17.8 Å². The van der Waals surface area contributed by atoms with Crippen LogP contribution in [0.15, 0.2) is 0 Å². The number of rotatable bonds is 8. The van der Waals surface area contributed by atoms with Gasteiger partial charge in [-0.25, -0.2) is 4.79 Å². The molecule has 4 N–H and O–H groups in total. The fraction of sp³-hybridized carbons (Fsp3) is 0.875. The molecule has 0 aliphatic heterocycles. The van der Waals surface area contributed by atoms with Gasteiger partial charge in [0.05, 0.1) is 0 Å². The summed E-state index contributed by atoms with van der Waals surface area (Å²) in [6.45, 7) is 2.42. The van der Waals surface area contributed by atoms with Crippen LogP contribution in [0.4, 0.5) is 4.79 Å². The largest absolute Gasteiger partial charge is 0.352 e. The summed E-state index contributed by atoms with van der Waals surface area (Å²) < 4.78 is 0. The number of carbonyl (C=O) groups is 1. The molecule has 0 saturated carbocycles. The number of hydrogen-bond acceptors (Lipinski definition) is 3. The Morgan fingerprint density at radius 3 is 2.69 bits per heavy atom. The fourth-order valence-electron chi connectivity index (χ4n) is 0.895. The average Bonchev–Trinajstić information content (AvgIpc) is 2.09. The lowest BCUT2D eigenvalue weighted by Crippen LogP contribution is -2.35. The monoisotopic (exact) mass is 205 g/mol. The van der Waals surface area contributed by atoms with E-state index in [9.17, 15) is 4.79 Å². The Bertz CT molecular complexity index is 133. The molecule has 4 nitrogen and oxygen atoms in total. The lowest BCUT2D eigenvalue weighted by molar-refractivity contribution is 0.249. The van der Waals surface area contributed by atoms with Crippen LogP contribution in [0.25, 0.3) is 0 Å². The van der Waals surface area contributed by atoms with Crippen LogP contribution < -0.4 is 16.4 Å². The SMILES string of the molecule is CSCCCCNCCNC(N)=O. The van der Waals surface area contributed by atoms with Crippen LogP contribution in [0, 0.1) is 0 Å². The van der Waals surface area contributed by atoms with Crippen LogP contribution in [0.1, 0.15) is 12.8 Å². The van der Waals surface area contributed by atoms with Gasteiger partial charge in [0, 0.05) is 13.1 Å². The molecule has 78 valence electrons. The van der Waals surface area contributed by atoms with Gasteiger partial charge < -0.3 is 16.4 Å². The van der Waals surface area contributed by atoms with Crippen LogP contribution in [0.3, 0.4) is 0 Å². The van der Waals surface area contributed by atoms with Crippen LogP contribution in [0.2, 0.25) is 0 Å². The van der Waals surface area contributed by atoms with E-state index in [1.807, 2.05) is 11.8 Å². The second kappa shape index (κ2) is 9.67. The number of unbranched alkanes of at least 4 members (excludes halogenated alkanes) is 1. The molecule has 0 spiro atoms. The van der Waals surface area contributed by atoms with E-state index in [1.165, 1.54) is 18.6 Å². The highest BCUT2D eigenvalue weighted by atomic mass is 32.2. The minimum atomic E-state index is -0.454. The first-order chi connectivity index (χ1) is 6.27. The van der Waals surface area contributed by atoms with E-state index >= 15 is 0 Å². The maximum Gasteiger partial charge on any atom is 0.312 e. The summed E-state index contributed by atoms with van der Waals surface area (Å²) in [5.74, 6) is 1.22. The smallest absolute Gasteiger partial charge is 0.312 e. The summed E-state index contributed by atoms with van der Waals surface area (Å²) in [6.07, 6.45) is 4.55. The Balaban J connectivity index is 2.87. The first-order valence-electron chi connectivity index (χ1n) is 4.50. The molecular weight excluding hydrogens is 186 g/mol. The van der Waals surface area contributed by atoms with Crippen LogP contribution in [-0.2, 0) is 0 Å². The number of nitrogens with one attached hydrogen (secondary N) is 2. The summed E-state index contributed by atoms with van der Waals surface area (Å²) in [5, 5.41) is 5.74. The predicted octanol–water partition coefficient (Wildman–Crippen LogP) is 0.388. The third kappa shape index (κ3) is 11.6. The molecule has 0 rings (SSSR count). The number of amides is 2. The maximum atomic E-state index is 10.3. The van der Waals surface area contributed by atoms with Crippen molar-refractivity contribution < 1.29 is 4.79 Å². The summed E-state index contributed by atoms with van der Waals surface area (Å²) in [6, 6.07) is -0.454. The predicted molar refractivity (Wildman–Crippen MR) is 58.1 cm³/mol. The Labute approximate surface area is 84.0 Å². The van der Waals surface area contributed by atoms with Gasteiger partial charge in [-0.2, -0.15) is 11.8 Å². The third-order valence-electron chi connectivity index (χ3n) is 1.55. The van der Waals surface area contributed by atoms with Gasteiger partial charge >= 0.3 is 6.03 Å². The van der Waals surface area contributed by atoms with Crippen molar-refractivity contribution in [3.63, 3.8) is 0 Å². The molecule has 0 radical (unpaired) electrons. The molecule has 0 saturated heterocycles. The minimum Gasteiger partial charge on any atom is -0.352 e. The standard InChI is InChI=1S/C8H19N3OS/c1-13-7-3-2-4-10-5-6-11-8(9)12/h10H,2-7H2,1H3,(H3,9,11,12). The van der Waals surface area contributed by atoms with E-state index in [1.54, 1.807) is 0 Å². The Kier molecular flexibility index (Phi) is 9.35. The van der Waals surface area contributed by atoms with Crippen molar-refractivity contribution in [3.8, 4) is 0 Å². The number of hydrogen-bond donors (Lipinski definition) is 3. The summed E-state index contributed by atoms with van der Waals surface area (Å²) in [4.78, 5) is 10.3. The molecule has 0 aromatic rings. The van der Waals surface area contributed by atoms with Gasteiger partial charge in [0.2, 0.25) is 0 Å². The topological polar surface area (TPSA) is 67.2 Å². The number of urea groups is 1. The van der Waals surface area contributed by atoms with Gasteiger partial charge in [0.1, 0.15) is 0 Å². The molecule has 0 unspecified atom stereocenters. The second-order valence-electron chi connectivity index (χ2n) is 2.74. The number of primary amides is 1. The van der Waals surface area contributed by atoms with Crippen LogP contribution in [-0.4, -0.2) is 37.7 Å². The van der Waals surface area contributed by atoms with Crippen molar-refractivity contribution in [1.29, 1.82) is 0 Å². The number of thioether (sulfide) groups is 1. The molecule has 0 aliphatic carbocycles. The number of carbonyl (C=O) groups excluding carboxylic acids is 1. The van der Waals surface area contributed by atoms with E-state index in [2.05, 4.69) is 16.9 Å². The van der Waals surface area contributed by atoms with Gasteiger partial charge in [0.25, 0.3) is 0 Å². The molecular formula is C8H19N3OS. The van der Waals surface area contributed by atoms with Crippen LogP contribution in [0.5, 0.6) is 0 Å². The second-order valence-corrected chi connectivity index (χ2v) is 3.73. The Hall–Kier alpha value is -0.420. The molecule has 5 heteroatoms. The molecule has 0 aliphatic rings. The van der Waals surface area contributed by atoms with E-state index in [-0.39, 0.29) is 0 Å². The fourth-order valence-corrected chi connectivity index (χ4v) is 1.39. The highest BCUT2D eigenvalue weighted by Gasteiger charge is 1.90. The van der Waals surface area contributed by atoms with Gasteiger partial charge in [0.15, 0.2) is 0 Å². The van der Waals surface area contributed by atoms with Crippen molar-refractivity contribution in [3.05, 3.63) is 0 Å². The molecule has 2 amide bonds. The number of nitrogens with two attached hydrogens (primary N) is 1. The van der Waals surface area contributed by atoms with Gasteiger partial charge in [-0.15, -0.1) is 0 Å². The average molecular weight is 205 g/mol. The first kappa shape index (κ1) is 12.6. The zero-order valence-corrected chi connectivity index (χ0v) is 8.95. The lowest BCUT2D eigenvalue weighted by Gasteiger charge is -2.04. The zero-order valence-electron chi connectivity index (χ0n) is 8.14. The molecule has 0 heterocycles. The Morgan fingerprint density at radius 1 is 1.31 bits per heavy atom. The van der Waals surface area contributed by atoms with E-state index < -0.39 is 6.03 Å². The van der Waals surface area contributed by atoms with E-state index in [0.29, 0.717) is 6.54 Å². The van der Waals surface area contributed by atoms with Crippen molar-refractivity contribution in [1.82, 2.24) is 10.6 Å². The van der Waals surface area contributed by atoms with Crippen molar-refractivity contribution in [2.45, 2.75) is 12.8 Å². The summed E-state index contributed by atoms with van der Waals surface area (Å²) in [5.41, 5.74) is 4.89. The molecule has 13 heavy (non-hydrogen) atoms. The highest BCUT2D eigenvalue weighted by Crippen LogP contribution is 1.97. The zero-order chi connectivity index (χ0) is 9.94. The lowest BCUT2D eigenvalue weighted by atomic mass is 10.3. The van der Waals surface area contributed by atoms with E-state index in [4.69, 9.17) is 5.73 Å². The Morgan fingerprint density at radius 2 is 2.08 bits per heavy atom. The normalized spacial score (nSPS) is 9.92. The minimum absolute atomic E-state index is 0.454. The summed E-state index contributed by atoms with van der Waals surface area (Å²) >= 11 is 1.87. The van der Waals surface area contributed by atoms with Crippen molar-refractivity contribution in [2.24, 2.45) is 5.73 Å². The quantitative estimate of drug-likeness (QED) is 0.502. The third-order valence-corrected chi connectivity index (χ3v) is 2.25. The molecule has 0 bridgehead atoms. The van der Waals surface area contributed by atoms with Gasteiger partial charge in [-0.05, 0) is 31.4 Å². The van der Waals surface area contributed by atoms with E-state index in [0.717, 1.165) is 13.1 Å². The molecule has 0 aromatic carbocycles. The molecule has 0 atom stereocenters. The van der Waals surface area contributed by atoms with Gasteiger partial charge in [-0.3, -0.25) is 0 Å². The summed E-state index contributed by atoms with van der Waals surface area (Å²) in [7, 11) is 0. The first-order valence-corrected chi connectivity index (χ1v) is 5.89. The molecule has 0 aromatic heterocycles. The van der Waals surface area contributed by atoms with Crippen molar-refractivity contribution in [2.75, 3.05) is 31.6 Å². The van der Waals surface area contributed by atoms with Crippen LogP contribution >= 0.6 is 11.8 Å². The highest BCUT2D eigenvalue weighted by molar-refractivity contribution is 7.98. The molecule has 0 fully saturated rings.